The van der Waals surface area contributed by atoms with Crippen LogP contribution < -0.4 is 5.73 Å². The fraction of sp³-hybridized carbons (Fsp3) is 1.00. The van der Waals surface area contributed by atoms with E-state index in [4.69, 9.17) is 5.73 Å². The van der Waals surface area contributed by atoms with Crippen LogP contribution in [0.1, 0.15) is 32.1 Å². The molecule has 2 aliphatic carbocycles. The van der Waals surface area contributed by atoms with Crippen molar-refractivity contribution >= 4 is 0 Å². The second kappa shape index (κ2) is 1.72. The van der Waals surface area contributed by atoms with E-state index in [-0.39, 0.29) is 0 Å². The van der Waals surface area contributed by atoms with Gasteiger partial charge in [-0.2, -0.15) is 0 Å². The quantitative estimate of drug-likeness (QED) is 0.565. The SMILES string of the molecule is NC[C@@]12CCCC[C@H]1C2. The normalized spacial score (nSPS) is 48.3. The summed E-state index contributed by atoms with van der Waals surface area (Å²) in [6, 6.07) is 0. The molecule has 0 aromatic rings. The third kappa shape index (κ3) is 0.710. The Bertz CT molecular complexity index is 122. The molecule has 0 unspecified atom stereocenters. The Morgan fingerprint density at radius 3 is 2.89 bits per heavy atom. The smallest absolute Gasteiger partial charge is 0.00178 e. The van der Waals surface area contributed by atoms with E-state index in [1.165, 1.54) is 32.1 Å². The first-order chi connectivity index (χ1) is 4.37. The molecule has 1 heteroatoms. The van der Waals surface area contributed by atoms with Crippen molar-refractivity contribution in [2.75, 3.05) is 6.54 Å². The molecular formula is C8H15N. The maximum absolute atomic E-state index is 5.68. The van der Waals surface area contributed by atoms with Gasteiger partial charge in [-0.1, -0.05) is 12.8 Å². The monoisotopic (exact) mass is 125 g/mol. The molecule has 0 spiro atoms. The van der Waals surface area contributed by atoms with Crippen molar-refractivity contribution in [2.24, 2.45) is 17.1 Å². The van der Waals surface area contributed by atoms with Gasteiger partial charge in [0, 0.05) is 0 Å². The van der Waals surface area contributed by atoms with Gasteiger partial charge in [-0.3, -0.25) is 0 Å². The van der Waals surface area contributed by atoms with Crippen LogP contribution in [0.2, 0.25) is 0 Å². The molecule has 2 N–H and O–H groups in total. The van der Waals surface area contributed by atoms with E-state index in [1.807, 2.05) is 0 Å². The molecule has 1 nitrogen and oxygen atoms in total. The summed E-state index contributed by atoms with van der Waals surface area (Å²) in [7, 11) is 0. The maximum atomic E-state index is 5.68. The van der Waals surface area contributed by atoms with Gasteiger partial charge in [0.15, 0.2) is 0 Å². The van der Waals surface area contributed by atoms with Crippen LogP contribution in [0, 0.1) is 11.3 Å². The highest BCUT2D eigenvalue weighted by Crippen LogP contribution is 2.60. The van der Waals surface area contributed by atoms with Gasteiger partial charge < -0.3 is 5.73 Å². The van der Waals surface area contributed by atoms with E-state index >= 15 is 0 Å². The van der Waals surface area contributed by atoms with Gasteiger partial charge in [-0.05, 0) is 37.1 Å². The minimum Gasteiger partial charge on any atom is -0.330 e. The van der Waals surface area contributed by atoms with Crippen molar-refractivity contribution in [3.05, 3.63) is 0 Å². The topological polar surface area (TPSA) is 26.0 Å². The van der Waals surface area contributed by atoms with Crippen LogP contribution in [-0.4, -0.2) is 6.54 Å². The standard InChI is InChI=1S/C8H15N/c9-6-8-4-2-1-3-7(8)5-8/h7H,1-6,9H2/t7-,8-/m0/s1. The zero-order valence-electron chi connectivity index (χ0n) is 5.90. The third-order valence-electron chi connectivity index (χ3n) is 3.24. The second-order valence-corrected chi connectivity index (χ2v) is 3.71. The molecule has 9 heavy (non-hydrogen) atoms. The first-order valence-corrected chi connectivity index (χ1v) is 4.07. The van der Waals surface area contributed by atoms with E-state index in [0.717, 1.165) is 12.5 Å². The molecule has 2 saturated carbocycles. The van der Waals surface area contributed by atoms with E-state index in [9.17, 15) is 0 Å². The number of rotatable bonds is 1. The average molecular weight is 125 g/mol. The van der Waals surface area contributed by atoms with Gasteiger partial charge in [0.05, 0.1) is 0 Å². The predicted molar refractivity (Wildman–Crippen MR) is 38.1 cm³/mol. The molecule has 2 rings (SSSR count). The molecule has 2 fully saturated rings. The lowest BCUT2D eigenvalue weighted by atomic mass is 9.89. The molecule has 0 heterocycles. The van der Waals surface area contributed by atoms with Crippen LogP contribution in [0.4, 0.5) is 0 Å². The number of hydrogen-bond acceptors (Lipinski definition) is 1. The molecule has 2 aliphatic rings. The Kier molecular flexibility index (Phi) is 1.10. The molecule has 0 aromatic heterocycles. The molecule has 0 amide bonds. The molecule has 0 aromatic carbocycles. The minimum atomic E-state index is 0.665. The Morgan fingerprint density at radius 1 is 1.44 bits per heavy atom. The summed E-state index contributed by atoms with van der Waals surface area (Å²) in [5.74, 6) is 1.04. The summed E-state index contributed by atoms with van der Waals surface area (Å²) in [5, 5.41) is 0. The highest BCUT2D eigenvalue weighted by atomic mass is 14.7. The van der Waals surface area contributed by atoms with Gasteiger partial charge in [0.1, 0.15) is 0 Å². The minimum absolute atomic E-state index is 0.665. The summed E-state index contributed by atoms with van der Waals surface area (Å²) >= 11 is 0. The zero-order chi connectivity index (χ0) is 6.32. The van der Waals surface area contributed by atoms with Crippen LogP contribution in [-0.2, 0) is 0 Å². The van der Waals surface area contributed by atoms with Crippen molar-refractivity contribution in [3.8, 4) is 0 Å². The Hall–Kier alpha value is -0.0400. The van der Waals surface area contributed by atoms with Gasteiger partial charge in [-0.15, -0.1) is 0 Å². The summed E-state index contributed by atoms with van der Waals surface area (Å²) in [6.45, 7) is 0.956. The molecule has 0 aliphatic heterocycles. The van der Waals surface area contributed by atoms with Crippen LogP contribution in [0.3, 0.4) is 0 Å². The number of fused-ring (bicyclic) bond motifs is 1. The Morgan fingerprint density at radius 2 is 2.33 bits per heavy atom. The molecule has 0 radical (unpaired) electrons. The summed E-state index contributed by atoms with van der Waals surface area (Å²) < 4.78 is 0. The number of hydrogen-bond donors (Lipinski definition) is 1. The third-order valence-corrected chi connectivity index (χ3v) is 3.24. The maximum Gasteiger partial charge on any atom is -0.00178 e. The Labute approximate surface area is 56.6 Å². The first-order valence-electron chi connectivity index (χ1n) is 4.07. The van der Waals surface area contributed by atoms with Crippen molar-refractivity contribution in [1.82, 2.24) is 0 Å². The first kappa shape index (κ1) is 5.72. The van der Waals surface area contributed by atoms with E-state index in [2.05, 4.69) is 0 Å². The van der Waals surface area contributed by atoms with Gasteiger partial charge >= 0.3 is 0 Å². The summed E-state index contributed by atoms with van der Waals surface area (Å²) in [5.41, 5.74) is 6.34. The lowest BCUT2D eigenvalue weighted by Gasteiger charge is -2.19. The highest BCUT2D eigenvalue weighted by molar-refractivity contribution is 5.04. The summed E-state index contributed by atoms with van der Waals surface area (Å²) in [4.78, 5) is 0. The van der Waals surface area contributed by atoms with Crippen molar-refractivity contribution < 1.29 is 0 Å². The van der Waals surface area contributed by atoms with Crippen LogP contribution in [0.25, 0.3) is 0 Å². The molecule has 0 saturated heterocycles. The van der Waals surface area contributed by atoms with Crippen molar-refractivity contribution in [2.45, 2.75) is 32.1 Å². The highest BCUT2D eigenvalue weighted by Gasteiger charge is 2.53. The van der Waals surface area contributed by atoms with E-state index in [0.29, 0.717) is 5.41 Å². The second-order valence-electron chi connectivity index (χ2n) is 3.71. The van der Waals surface area contributed by atoms with Crippen molar-refractivity contribution in [1.29, 1.82) is 0 Å². The fourth-order valence-electron chi connectivity index (χ4n) is 2.37. The van der Waals surface area contributed by atoms with Gasteiger partial charge in [-0.25, -0.2) is 0 Å². The van der Waals surface area contributed by atoms with Crippen LogP contribution in [0.5, 0.6) is 0 Å². The number of nitrogens with two attached hydrogens (primary N) is 1. The molecular weight excluding hydrogens is 110 g/mol. The van der Waals surface area contributed by atoms with Gasteiger partial charge in [0.2, 0.25) is 0 Å². The lowest BCUT2D eigenvalue weighted by molar-refractivity contribution is 0.346. The Balaban J connectivity index is 2.01. The zero-order valence-corrected chi connectivity index (χ0v) is 5.90. The largest absolute Gasteiger partial charge is 0.330 e. The predicted octanol–water partition coefficient (Wildman–Crippen LogP) is 1.53. The van der Waals surface area contributed by atoms with Crippen molar-refractivity contribution in [3.63, 3.8) is 0 Å². The summed E-state index contributed by atoms with van der Waals surface area (Å²) in [6.07, 6.45) is 7.25. The molecule has 52 valence electrons. The fourth-order valence-corrected chi connectivity index (χ4v) is 2.37. The molecule has 0 bridgehead atoms. The van der Waals surface area contributed by atoms with Crippen LogP contribution in [0.15, 0.2) is 0 Å². The van der Waals surface area contributed by atoms with E-state index < -0.39 is 0 Å². The molecule has 2 atom stereocenters. The lowest BCUT2D eigenvalue weighted by Crippen LogP contribution is -2.20. The van der Waals surface area contributed by atoms with Gasteiger partial charge in [0.25, 0.3) is 0 Å². The van der Waals surface area contributed by atoms with Crippen LogP contribution >= 0.6 is 0 Å². The van der Waals surface area contributed by atoms with E-state index in [1.54, 1.807) is 0 Å². The average Bonchev–Trinajstić information content (AvgIpc) is 2.62.